The molecule has 1 aliphatic rings. The van der Waals surface area contributed by atoms with Crippen molar-refractivity contribution in [1.29, 1.82) is 0 Å². The lowest BCUT2D eigenvalue weighted by atomic mass is 10.1. The van der Waals surface area contributed by atoms with E-state index in [1.54, 1.807) is 7.11 Å². The quantitative estimate of drug-likeness (QED) is 0.856. The van der Waals surface area contributed by atoms with Crippen molar-refractivity contribution >= 4 is 11.6 Å². The van der Waals surface area contributed by atoms with Crippen LogP contribution in [-0.2, 0) is 9.53 Å². The fourth-order valence-corrected chi connectivity index (χ4v) is 2.13. The minimum Gasteiger partial charge on any atom is -0.377 e. The van der Waals surface area contributed by atoms with E-state index in [0.29, 0.717) is 0 Å². The molecule has 0 radical (unpaired) electrons. The molecule has 18 heavy (non-hydrogen) atoms. The SMILES string of the molecule is COC(C)c1cccc(NC(=O)C2CCNC2)c1. The predicted octanol–water partition coefficient (Wildman–Crippen LogP) is 1.94. The maximum absolute atomic E-state index is 12.0. The summed E-state index contributed by atoms with van der Waals surface area (Å²) in [6.07, 6.45) is 0.954. The molecule has 2 unspecified atom stereocenters. The summed E-state index contributed by atoms with van der Waals surface area (Å²) in [5.74, 6) is 0.190. The third kappa shape index (κ3) is 3.09. The van der Waals surface area contributed by atoms with Crippen LogP contribution < -0.4 is 10.6 Å². The van der Waals surface area contributed by atoms with Crippen LogP contribution in [0.4, 0.5) is 5.69 Å². The number of nitrogens with one attached hydrogen (secondary N) is 2. The molecule has 0 spiro atoms. The van der Waals surface area contributed by atoms with Crippen molar-refractivity contribution in [2.24, 2.45) is 5.92 Å². The number of ether oxygens (including phenoxy) is 1. The summed E-state index contributed by atoms with van der Waals surface area (Å²) in [5.41, 5.74) is 1.91. The third-order valence-corrected chi connectivity index (χ3v) is 3.41. The lowest BCUT2D eigenvalue weighted by Gasteiger charge is -2.13. The molecule has 2 atom stereocenters. The van der Waals surface area contributed by atoms with Gasteiger partial charge in [0.25, 0.3) is 0 Å². The molecule has 0 saturated carbocycles. The van der Waals surface area contributed by atoms with E-state index in [4.69, 9.17) is 4.74 Å². The van der Waals surface area contributed by atoms with E-state index in [0.717, 1.165) is 30.8 Å². The Labute approximate surface area is 108 Å². The highest BCUT2D eigenvalue weighted by Crippen LogP contribution is 2.20. The van der Waals surface area contributed by atoms with Crippen LogP contribution in [0.1, 0.15) is 25.0 Å². The van der Waals surface area contributed by atoms with Gasteiger partial charge in [-0.2, -0.15) is 0 Å². The summed E-state index contributed by atoms with van der Waals surface area (Å²) < 4.78 is 5.27. The summed E-state index contributed by atoms with van der Waals surface area (Å²) in [7, 11) is 1.68. The minimum atomic E-state index is 0.0370. The van der Waals surface area contributed by atoms with Gasteiger partial charge < -0.3 is 15.4 Å². The van der Waals surface area contributed by atoms with Gasteiger partial charge in [-0.15, -0.1) is 0 Å². The molecular weight excluding hydrogens is 228 g/mol. The molecule has 0 aromatic heterocycles. The molecule has 1 aromatic rings. The molecule has 1 saturated heterocycles. The van der Waals surface area contributed by atoms with E-state index in [2.05, 4.69) is 10.6 Å². The molecule has 1 amide bonds. The highest BCUT2D eigenvalue weighted by Gasteiger charge is 2.22. The van der Waals surface area contributed by atoms with Gasteiger partial charge in [0.05, 0.1) is 12.0 Å². The fourth-order valence-electron chi connectivity index (χ4n) is 2.13. The topological polar surface area (TPSA) is 50.4 Å². The van der Waals surface area contributed by atoms with Gasteiger partial charge in [0.1, 0.15) is 0 Å². The first-order chi connectivity index (χ1) is 8.70. The molecule has 1 aromatic carbocycles. The molecule has 1 fully saturated rings. The van der Waals surface area contributed by atoms with Crippen molar-refractivity contribution in [1.82, 2.24) is 5.32 Å². The largest absolute Gasteiger partial charge is 0.377 e. The van der Waals surface area contributed by atoms with Gasteiger partial charge >= 0.3 is 0 Å². The normalized spacial score (nSPS) is 20.7. The van der Waals surface area contributed by atoms with Crippen LogP contribution in [0.25, 0.3) is 0 Å². The zero-order valence-electron chi connectivity index (χ0n) is 10.9. The fraction of sp³-hybridized carbons (Fsp3) is 0.500. The Bertz CT molecular complexity index is 414. The standard InChI is InChI=1S/C14H20N2O2/c1-10(18-2)11-4-3-5-13(8-11)16-14(17)12-6-7-15-9-12/h3-5,8,10,12,15H,6-7,9H2,1-2H3,(H,16,17). The number of anilines is 1. The van der Waals surface area contributed by atoms with Crippen LogP contribution in [0.3, 0.4) is 0 Å². The Hall–Kier alpha value is -1.39. The lowest BCUT2D eigenvalue weighted by Crippen LogP contribution is -2.24. The molecule has 0 bridgehead atoms. The average Bonchev–Trinajstić information content (AvgIpc) is 2.92. The zero-order valence-corrected chi connectivity index (χ0v) is 10.9. The van der Waals surface area contributed by atoms with Crippen LogP contribution in [0.2, 0.25) is 0 Å². The summed E-state index contributed by atoms with van der Waals surface area (Å²) in [6, 6.07) is 7.81. The summed E-state index contributed by atoms with van der Waals surface area (Å²) in [5, 5.41) is 6.17. The predicted molar refractivity (Wildman–Crippen MR) is 71.5 cm³/mol. The van der Waals surface area contributed by atoms with Gasteiger partial charge in [-0.25, -0.2) is 0 Å². The summed E-state index contributed by atoms with van der Waals surface area (Å²) in [6.45, 7) is 3.70. The lowest BCUT2D eigenvalue weighted by molar-refractivity contribution is -0.119. The van der Waals surface area contributed by atoms with Gasteiger partial charge in [0.2, 0.25) is 5.91 Å². The Morgan fingerprint density at radius 3 is 3.06 bits per heavy atom. The maximum Gasteiger partial charge on any atom is 0.228 e. The summed E-state index contributed by atoms with van der Waals surface area (Å²) in [4.78, 5) is 12.0. The Kier molecular flexibility index (Phi) is 4.33. The van der Waals surface area contributed by atoms with Crippen LogP contribution in [0, 0.1) is 5.92 Å². The van der Waals surface area contributed by atoms with Crippen molar-refractivity contribution in [3.05, 3.63) is 29.8 Å². The first-order valence-electron chi connectivity index (χ1n) is 6.35. The van der Waals surface area contributed by atoms with Crippen molar-refractivity contribution in [3.63, 3.8) is 0 Å². The minimum absolute atomic E-state index is 0.0370. The average molecular weight is 248 g/mol. The number of benzene rings is 1. The zero-order chi connectivity index (χ0) is 13.0. The number of rotatable bonds is 4. The van der Waals surface area contributed by atoms with Crippen molar-refractivity contribution < 1.29 is 9.53 Å². The molecule has 4 nitrogen and oxygen atoms in total. The number of hydrogen-bond donors (Lipinski definition) is 2. The van der Waals surface area contributed by atoms with Crippen LogP contribution in [-0.4, -0.2) is 26.1 Å². The first kappa shape index (κ1) is 13.1. The van der Waals surface area contributed by atoms with Gasteiger partial charge in [0.15, 0.2) is 0 Å². The molecule has 2 rings (SSSR count). The number of amides is 1. The monoisotopic (exact) mass is 248 g/mol. The Morgan fingerprint density at radius 1 is 1.56 bits per heavy atom. The van der Waals surface area contributed by atoms with E-state index in [-0.39, 0.29) is 17.9 Å². The van der Waals surface area contributed by atoms with Crippen LogP contribution in [0.15, 0.2) is 24.3 Å². The van der Waals surface area contributed by atoms with Gasteiger partial charge in [0, 0.05) is 19.3 Å². The Morgan fingerprint density at radius 2 is 2.39 bits per heavy atom. The number of methoxy groups -OCH3 is 1. The van der Waals surface area contributed by atoms with Gasteiger partial charge in [-0.3, -0.25) is 4.79 Å². The van der Waals surface area contributed by atoms with E-state index in [9.17, 15) is 4.79 Å². The second-order valence-electron chi connectivity index (χ2n) is 4.68. The maximum atomic E-state index is 12.0. The van der Waals surface area contributed by atoms with E-state index in [1.807, 2.05) is 31.2 Å². The molecule has 1 aliphatic heterocycles. The number of hydrogen-bond acceptors (Lipinski definition) is 3. The van der Waals surface area contributed by atoms with Crippen LogP contribution in [0.5, 0.6) is 0 Å². The van der Waals surface area contributed by atoms with Crippen molar-refractivity contribution in [2.75, 3.05) is 25.5 Å². The first-order valence-corrected chi connectivity index (χ1v) is 6.35. The van der Waals surface area contributed by atoms with Gasteiger partial charge in [-0.05, 0) is 37.6 Å². The molecule has 2 N–H and O–H groups in total. The highest BCUT2D eigenvalue weighted by atomic mass is 16.5. The Balaban J connectivity index is 2.02. The van der Waals surface area contributed by atoms with E-state index < -0.39 is 0 Å². The number of carbonyl (C=O) groups is 1. The second-order valence-corrected chi connectivity index (χ2v) is 4.68. The molecule has 0 aliphatic carbocycles. The smallest absolute Gasteiger partial charge is 0.228 e. The molecule has 1 heterocycles. The summed E-state index contributed by atoms with van der Waals surface area (Å²) >= 11 is 0. The molecular formula is C14H20N2O2. The van der Waals surface area contributed by atoms with E-state index >= 15 is 0 Å². The van der Waals surface area contributed by atoms with E-state index in [1.165, 1.54) is 0 Å². The molecule has 4 heteroatoms. The van der Waals surface area contributed by atoms with Crippen LogP contribution >= 0.6 is 0 Å². The highest BCUT2D eigenvalue weighted by molar-refractivity contribution is 5.92. The third-order valence-electron chi connectivity index (χ3n) is 3.41. The molecule has 98 valence electrons. The van der Waals surface area contributed by atoms with Crippen molar-refractivity contribution in [2.45, 2.75) is 19.4 Å². The second kappa shape index (κ2) is 5.98. The van der Waals surface area contributed by atoms with Crippen molar-refractivity contribution in [3.8, 4) is 0 Å². The number of carbonyl (C=O) groups excluding carboxylic acids is 1. The van der Waals surface area contributed by atoms with Gasteiger partial charge in [-0.1, -0.05) is 12.1 Å².